The summed E-state index contributed by atoms with van der Waals surface area (Å²) in [7, 11) is 0. The molecule has 3 N–H and O–H groups in total. The van der Waals surface area contributed by atoms with Crippen LogP contribution >= 0.6 is 0 Å². The van der Waals surface area contributed by atoms with Crippen molar-refractivity contribution in [1.82, 2.24) is 20.6 Å². The highest BCUT2D eigenvalue weighted by Crippen LogP contribution is 2.11. The van der Waals surface area contributed by atoms with Crippen LogP contribution in [-0.4, -0.2) is 34.9 Å². The lowest BCUT2D eigenvalue weighted by atomic mass is 10.2. The number of carbonyl (C=O) groups excluding carboxylic acids is 2. The lowest BCUT2D eigenvalue weighted by molar-refractivity contribution is -0.116. The molecule has 0 aliphatic rings. The summed E-state index contributed by atoms with van der Waals surface area (Å²) >= 11 is 0. The smallest absolute Gasteiger partial charge is 0.251 e. The van der Waals surface area contributed by atoms with Crippen molar-refractivity contribution in [1.29, 1.82) is 0 Å². The van der Waals surface area contributed by atoms with Gasteiger partial charge < -0.3 is 15.6 Å². The minimum atomic E-state index is -0.197. The molecule has 2 aromatic carbocycles. The van der Waals surface area contributed by atoms with E-state index in [1.165, 1.54) is 6.08 Å². The van der Waals surface area contributed by atoms with Gasteiger partial charge in [-0.1, -0.05) is 30.3 Å². The molecule has 0 bridgehead atoms. The van der Waals surface area contributed by atoms with Gasteiger partial charge in [-0.05, 0) is 29.8 Å². The number of hydrogen-bond acceptors (Lipinski definition) is 3. The van der Waals surface area contributed by atoms with E-state index in [4.69, 9.17) is 0 Å². The predicted octanol–water partition coefficient (Wildman–Crippen LogP) is 2.12. The van der Waals surface area contributed by atoms with Crippen LogP contribution in [0.4, 0.5) is 0 Å². The summed E-state index contributed by atoms with van der Waals surface area (Å²) in [5.41, 5.74) is 3.13. The molecule has 6 heteroatoms. The maximum atomic E-state index is 12.1. The van der Waals surface area contributed by atoms with Crippen LogP contribution in [-0.2, 0) is 4.79 Å². The molecule has 0 radical (unpaired) electrons. The molecule has 3 rings (SSSR count). The van der Waals surface area contributed by atoms with Crippen LogP contribution < -0.4 is 10.6 Å². The van der Waals surface area contributed by atoms with Gasteiger partial charge in [-0.15, -0.1) is 0 Å². The summed E-state index contributed by atoms with van der Waals surface area (Å²) in [6, 6.07) is 14.8. The number of H-pyrrole nitrogens is 1. The molecular weight excluding hydrogens is 316 g/mol. The SMILES string of the molecule is O=C(/C=C/c1ccccc1)NCCNC(=O)c1ccc2nc[nH]c2c1. The molecule has 1 aromatic heterocycles. The number of nitrogens with zero attached hydrogens (tertiary/aromatic N) is 1. The second-order valence-corrected chi connectivity index (χ2v) is 5.43. The van der Waals surface area contributed by atoms with E-state index in [1.807, 2.05) is 30.3 Å². The molecular formula is C19H18N4O2. The van der Waals surface area contributed by atoms with Crippen molar-refractivity contribution in [2.45, 2.75) is 0 Å². The lowest BCUT2D eigenvalue weighted by Crippen LogP contribution is -2.33. The number of aromatic nitrogens is 2. The van der Waals surface area contributed by atoms with Crippen LogP contribution in [0.15, 0.2) is 60.9 Å². The summed E-state index contributed by atoms with van der Waals surface area (Å²) in [6.07, 6.45) is 4.81. The first-order chi connectivity index (χ1) is 12.2. The van der Waals surface area contributed by atoms with Crippen molar-refractivity contribution in [3.05, 3.63) is 72.1 Å². The Morgan fingerprint density at radius 1 is 1.04 bits per heavy atom. The van der Waals surface area contributed by atoms with Gasteiger partial charge in [0.2, 0.25) is 5.91 Å². The monoisotopic (exact) mass is 334 g/mol. The molecule has 25 heavy (non-hydrogen) atoms. The fourth-order valence-corrected chi connectivity index (χ4v) is 2.34. The van der Waals surface area contributed by atoms with Crippen LogP contribution in [0.5, 0.6) is 0 Å². The third kappa shape index (κ3) is 4.54. The predicted molar refractivity (Wildman–Crippen MR) is 96.9 cm³/mol. The zero-order chi connectivity index (χ0) is 17.5. The summed E-state index contributed by atoms with van der Waals surface area (Å²) in [5.74, 6) is -0.387. The fourth-order valence-electron chi connectivity index (χ4n) is 2.34. The first kappa shape index (κ1) is 16.4. The molecule has 0 saturated carbocycles. The molecule has 0 aliphatic heterocycles. The molecule has 0 atom stereocenters. The van der Waals surface area contributed by atoms with E-state index < -0.39 is 0 Å². The minimum absolute atomic E-state index is 0.189. The van der Waals surface area contributed by atoms with E-state index in [2.05, 4.69) is 20.6 Å². The Hall–Kier alpha value is -3.41. The van der Waals surface area contributed by atoms with Crippen LogP contribution in [0.3, 0.4) is 0 Å². The molecule has 6 nitrogen and oxygen atoms in total. The third-order valence-corrected chi connectivity index (χ3v) is 3.62. The van der Waals surface area contributed by atoms with Crippen LogP contribution in [0.25, 0.3) is 17.1 Å². The molecule has 0 fully saturated rings. The van der Waals surface area contributed by atoms with Crippen LogP contribution in [0, 0.1) is 0 Å². The second-order valence-electron chi connectivity index (χ2n) is 5.43. The van der Waals surface area contributed by atoms with Gasteiger partial charge >= 0.3 is 0 Å². The number of nitrogens with one attached hydrogen (secondary N) is 3. The largest absolute Gasteiger partial charge is 0.351 e. The van der Waals surface area contributed by atoms with Gasteiger partial charge in [0, 0.05) is 24.7 Å². The van der Waals surface area contributed by atoms with Crippen molar-refractivity contribution in [3.8, 4) is 0 Å². The summed E-state index contributed by atoms with van der Waals surface area (Å²) in [4.78, 5) is 30.9. The topological polar surface area (TPSA) is 86.9 Å². The average molecular weight is 334 g/mol. The minimum Gasteiger partial charge on any atom is -0.351 e. The van der Waals surface area contributed by atoms with E-state index in [9.17, 15) is 9.59 Å². The van der Waals surface area contributed by atoms with Gasteiger partial charge in [-0.3, -0.25) is 9.59 Å². The van der Waals surface area contributed by atoms with Crippen LogP contribution in [0.1, 0.15) is 15.9 Å². The number of amides is 2. The highest BCUT2D eigenvalue weighted by molar-refractivity contribution is 5.97. The van der Waals surface area contributed by atoms with Crippen LogP contribution in [0.2, 0.25) is 0 Å². The van der Waals surface area contributed by atoms with E-state index in [0.29, 0.717) is 18.7 Å². The number of benzene rings is 2. The van der Waals surface area contributed by atoms with E-state index >= 15 is 0 Å². The Morgan fingerprint density at radius 3 is 2.68 bits per heavy atom. The summed E-state index contributed by atoms with van der Waals surface area (Å²) < 4.78 is 0. The maximum absolute atomic E-state index is 12.1. The Morgan fingerprint density at radius 2 is 1.84 bits per heavy atom. The normalized spacial score (nSPS) is 10.9. The Bertz CT molecular complexity index is 900. The molecule has 2 amide bonds. The zero-order valence-electron chi connectivity index (χ0n) is 13.5. The number of carbonyl (C=O) groups is 2. The first-order valence-electron chi connectivity index (χ1n) is 7.95. The van der Waals surface area contributed by atoms with Crippen molar-refractivity contribution in [2.75, 3.05) is 13.1 Å². The molecule has 0 aliphatic carbocycles. The Labute approximate surface area is 145 Å². The van der Waals surface area contributed by atoms with Gasteiger partial charge in [0.25, 0.3) is 5.91 Å². The van der Waals surface area contributed by atoms with E-state index in [1.54, 1.807) is 30.6 Å². The number of hydrogen-bond donors (Lipinski definition) is 3. The second kappa shape index (κ2) is 7.92. The Kier molecular flexibility index (Phi) is 5.21. The lowest BCUT2D eigenvalue weighted by Gasteiger charge is -2.06. The van der Waals surface area contributed by atoms with E-state index in [0.717, 1.165) is 16.6 Å². The number of aromatic amines is 1. The quantitative estimate of drug-likeness (QED) is 0.477. The van der Waals surface area contributed by atoms with Gasteiger partial charge in [0.05, 0.1) is 17.4 Å². The van der Waals surface area contributed by atoms with Gasteiger partial charge in [-0.2, -0.15) is 0 Å². The number of rotatable bonds is 6. The van der Waals surface area contributed by atoms with E-state index in [-0.39, 0.29) is 11.8 Å². The summed E-state index contributed by atoms with van der Waals surface area (Å²) in [5, 5.41) is 5.50. The molecule has 0 spiro atoms. The van der Waals surface area contributed by atoms with Crippen molar-refractivity contribution < 1.29 is 9.59 Å². The van der Waals surface area contributed by atoms with Crippen molar-refractivity contribution in [3.63, 3.8) is 0 Å². The highest BCUT2D eigenvalue weighted by atomic mass is 16.2. The number of fused-ring (bicyclic) bond motifs is 1. The first-order valence-corrected chi connectivity index (χ1v) is 7.95. The fraction of sp³-hybridized carbons (Fsp3) is 0.105. The molecule has 0 unspecified atom stereocenters. The average Bonchev–Trinajstić information content (AvgIpc) is 3.12. The third-order valence-electron chi connectivity index (χ3n) is 3.62. The van der Waals surface area contributed by atoms with Crippen molar-refractivity contribution in [2.24, 2.45) is 0 Å². The standard InChI is InChI=1S/C19H18N4O2/c24-18(9-6-14-4-2-1-3-5-14)20-10-11-21-19(25)15-7-8-16-17(12-15)23-13-22-16/h1-9,12-13H,10-11H2,(H,20,24)(H,21,25)(H,22,23)/b9-6+. The highest BCUT2D eigenvalue weighted by Gasteiger charge is 2.06. The number of imidazole rings is 1. The van der Waals surface area contributed by atoms with Gasteiger partial charge in [0.1, 0.15) is 0 Å². The Balaban J connectivity index is 1.42. The van der Waals surface area contributed by atoms with Crippen molar-refractivity contribution >= 4 is 28.9 Å². The summed E-state index contributed by atoms with van der Waals surface area (Å²) in [6.45, 7) is 0.709. The molecule has 126 valence electrons. The zero-order valence-corrected chi connectivity index (χ0v) is 13.5. The maximum Gasteiger partial charge on any atom is 0.251 e. The molecule has 1 heterocycles. The molecule has 3 aromatic rings. The molecule has 0 saturated heterocycles. The van der Waals surface area contributed by atoms with Gasteiger partial charge in [0.15, 0.2) is 0 Å². The van der Waals surface area contributed by atoms with Gasteiger partial charge in [-0.25, -0.2) is 4.98 Å².